The number of nitrogens with zero attached hydrogens (tertiary/aromatic N) is 1. The molecule has 0 saturated heterocycles. The number of hydrogen-bond donors (Lipinski definition) is 0. The number of ether oxygens (including phenoxy) is 2. The number of methoxy groups -OCH3 is 1. The fourth-order valence-electron chi connectivity index (χ4n) is 3.07. The standard InChI is InChI=1S/C20H23NO4/c1-19(2,3)18(23)20(13-21)11-5-6-12-25-16(20)14-7-9-15(10-8-14)17(22)24-4/h5-10,16H,11-12H2,1-4H3/t16-,20-/m0/s1. The Kier molecular flexibility index (Phi) is 5.44. The third-order valence-corrected chi connectivity index (χ3v) is 4.33. The van der Waals surface area contributed by atoms with Crippen molar-refractivity contribution >= 4 is 11.8 Å². The molecule has 2 atom stereocenters. The average molecular weight is 341 g/mol. The summed E-state index contributed by atoms with van der Waals surface area (Å²) in [5.41, 5.74) is -0.891. The summed E-state index contributed by atoms with van der Waals surface area (Å²) in [6.45, 7) is 5.74. The van der Waals surface area contributed by atoms with E-state index < -0.39 is 22.9 Å². The number of benzene rings is 1. The average Bonchev–Trinajstić information content (AvgIpc) is 2.82. The molecule has 0 spiro atoms. The van der Waals surface area contributed by atoms with E-state index in [1.54, 1.807) is 45.0 Å². The third-order valence-electron chi connectivity index (χ3n) is 4.33. The zero-order valence-corrected chi connectivity index (χ0v) is 15.0. The van der Waals surface area contributed by atoms with Crippen molar-refractivity contribution in [2.45, 2.75) is 33.3 Å². The number of rotatable bonds is 3. The monoisotopic (exact) mass is 341 g/mol. The minimum Gasteiger partial charge on any atom is -0.465 e. The Bertz CT molecular complexity index is 722. The molecular formula is C20H23NO4. The van der Waals surface area contributed by atoms with E-state index in [1.165, 1.54) is 7.11 Å². The highest BCUT2D eigenvalue weighted by Crippen LogP contribution is 2.46. The highest BCUT2D eigenvalue weighted by atomic mass is 16.5. The van der Waals surface area contributed by atoms with Crippen LogP contribution in [0, 0.1) is 22.2 Å². The van der Waals surface area contributed by atoms with Gasteiger partial charge in [0.1, 0.15) is 11.5 Å². The molecule has 5 heteroatoms. The molecule has 2 rings (SSSR count). The molecule has 0 fully saturated rings. The molecule has 1 heterocycles. The molecule has 25 heavy (non-hydrogen) atoms. The van der Waals surface area contributed by atoms with Crippen LogP contribution in [0.1, 0.15) is 49.2 Å². The predicted octanol–water partition coefficient (Wildman–Crippen LogP) is 3.62. The maximum atomic E-state index is 13.1. The Labute approximate surface area is 148 Å². The van der Waals surface area contributed by atoms with Crippen LogP contribution in [0.4, 0.5) is 0 Å². The number of carbonyl (C=O) groups is 2. The van der Waals surface area contributed by atoms with E-state index in [2.05, 4.69) is 6.07 Å². The molecular weight excluding hydrogens is 318 g/mol. The molecule has 0 saturated carbocycles. The summed E-state index contributed by atoms with van der Waals surface area (Å²) in [5.74, 6) is -0.594. The van der Waals surface area contributed by atoms with Gasteiger partial charge in [-0.3, -0.25) is 4.79 Å². The van der Waals surface area contributed by atoms with Gasteiger partial charge < -0.3 is 9.47 Å². The minimum atomic E-state index is -1.31. The van der Waals surface area contributed by atoms with Crippen LogP contribution in [-0.4, -0.2) is 25.5 Å². The second-order valence-electron chi connectivity index (χ2n) is 7.16. The van der Waals surface area contributed by atoms with Crippen LogP contribution in [0.3, 0.4) is 0 Å². The number of nitriles is 1. The summed E-state index contributed by atoms with van der Waals surface area (Å²) in [6.07, 6.45) is 3.25. The Balaban J connectivity index is 2.50. The highest BCUT2D eigenvalue weighted by Gasteiger charge is 2.51. The van der Waals surface area contributed by atoms with Crippen LogP contribution >= 0.6 is 0 Å². The van der Waals surface area contributed by atoms with E-state index in [0.717, 1.165) is 0 Å². The van der Waals surface area contributed by atoms with Gasteiger partial charge in [-0.25, -0.2) is 4.79 Å². The molecule has 0 aromatic heterocycles. The molecule has 1 aromatic rings. The van der Waals surface area contributed by atoms with Crippen molar-refractivity contribution in [2.24, 2.45) is 10.8 Å². The van der Waals surface area contributed by atoms with Gasteiger partial charge >= 0.3 is 5.97 Å². The maximum Gasteiger partial charge on any atom is 0.337 e. The molecule has 0 N–H and O–H groups in total. The van der Waals surface area contributed by atoms with Gasteiger partial charge in [0.05, 0.1) is 25.3 Å². The van der Waals surface area contributed by atoms with E-state index in [0.29, 0.717) is 24.2 Å². The van der Waals surface area contributed by atoms with Crippen LogP contribution in [0.25, 0.3) is 0 Å². The first-order valence-electron chi connectivity index (χ1n) is 8.17. The molecule has 0 bridgehead atoms. The molecule has 1 aromatic carbocycles. The Morgan fingerprint density at radius 3 is 2.40 bits per heavy atom. The fraction of sp³-hybridized carbons (Fsp3) is 0.450. The molecule has 0 amide bonds. The van der Waals surface area contributed by atoms with Crippen LogP contribution < -0.4 is 0 Å². The largest absolute Gasteiger partial charge is 0.465 e. The molecule has 0 radical (unpaired) electrons. The second kappa shape index (κ2) is 7.20. The second-order valence-corrected chi connectivity index (χ2v) is 7.16. The molecule has 5 nitrogen and oxygen atoms in total. The van der Waals surface area contributed by atoms with Gasteiger partial charge in [-0.1, -0.05) is 45.1 Å². The van der Waals surface area contributed by atoms with Gasteiger partial charge in [0.15, 0.2) is 5.78 Å². The molecule has 1 aliphatic heterocycles. The van der Waals surface area contributed by atoms with E-state index in [-0.39, 0.29) is 5.78 Å². The summed E-state index contributed by atoms with van der Waals surface area (Å²) in [4.78, 5) is 24.7. The van der Waals surface area contributed by atoms with E-state index in [1.807, 2.05) is 12.2 Å². The maximum absolute atomic E-state index is 13.1. The van der Waals surface area contributed by atoms with Crippen LogP contribution in [0.5, 0.6) is 0 Å². The smallest absolute Gasteiger partial charge is 0.337 e. The summed E-state index contributed by atoms with van der Waals surface area (Å²) in [5, 5.41) is 9.95. The van der Waals surface area contributed by atoms with Gasteiger partial charge in [-0.05, 0) is 24.1 Å². The summed E-state index contributed by atoms with van der Waals surface area (Å²) >= 11 is 0. The Morgan fingerprint density at radius 2 is 1.88 bits per heavy atom. The quantitative estimate of drug-likeness (QED) is 0.620. The van der Waals surface area contributed by atoms with Crippen molar-refractivity contribution in [3.05, 3.63) is 47.5 Å². The summed E-state index contributed by atoms with van der Waals surface area (Å²) in [7, 11) is 1.32. The summed E-state index contributed by atoms with van der Waals surface area (Å²) < 4.78 is 10.6. The van der Waals surface area contributed by atoms with Crippen LogP contribution in [0.2, 0.25) is 0 Å². The highest BCUT2D eigenvalue weighted by molar-refractivity contribution is 5.93. The number of esters is 1. The molecule has 0 aliphatic carbocycles. The topological polar surface area (TPSA) is 76.4 Å². The van der Waals surface area contributed by atoms with Crippen molar-refractivity contribution < 1.29 is 19.1 Å². The van der Waals surface area contributed by atoms with Crippen molar-refractivity contribution in [1.29, 1.82) is 5.26 Å². The first-order chi connectivity index (χ1) is 11.8. The third kappa shape index (κ3) is 3.64. The van der Waals surface area contributed by atoms with Gasteiger partial charge in [0.25, 0.3) is 0 Å². The van der Waals surface area contributed by atoms with E-state index in [9.17, 15) is 14.9 Å². The number of allylic oxidation sites excluding steroid dienone is 1. The first kappa shape index (κ1) is 18.9. The number of hydrogen-bond acceptors (Lipinski definition) is 5. The lowest BCUT2D eigenvalue weighted by molar-refractivity contribution is -0.141. The fourth-order valence-corrected chi connectivity index (χ4v) is 3.07. The van der Waals surface area contributed by atoms with E-state index in [4.69, 9.17) is 9.47 Å². The van der Waals surface area contributed by atoms with Gasteiger partial charge in [-0.15, -0.1) is 0 Å². The summed E-state index contributed by atoms with van der Waals surface area (Å²) in [6, 6.07) is 8.90. The van der Waals surface area contributed by atoms with Crippen LogP contribution in [0.15, 0.2) is 36.4 Å². The van der Waals surface area contributed by atoms with Crippen molar-refractivity contribution in [2.75, 3.05) is 13.7 Å². The van der Waals surface area contributed by atoms with Gasteiger partial charge in [0, 0.05) is 5.41 Å². The van der Waals surface area contributed by atoms with E-state index >= 15 is 0 Å². The normalized spacial score (nSPS) is 23.4. The van der Waals surface area contributed by atoms with Crippen molar-refractivity contribution in [1.82, 2.24) is 0 Å². The van der Waals surface area contributed by atoms with Crippen molar-refractivity contribution in [3.63, 3.8) is 0 Å². The van der Waals surface area contributed by atoms with Crippen LogP contribution in [-0.2, 0) is 14.3 Å². The predicted molar refractivity (Wildman–Crippen MR) is 92.7 cm³/mol. The number of carbonyl (C=O) groups excluding carboxylic acids is 2. The molecule has 1 aliphatic rings. The van der Waals surface area contributed by atoms with Gasteiger partial charge in [-0.2, -0.15) is 5.26 Å². The zero-order valence-electron chi connectivity index (χ0n) is 15.0. The lowest BCUT2D eigenvalue weighted by atomic mass is 9.66. The zero-order chi connectivity index (χ0) is 18.7. The first-order valence-corrected chi connectivity index (χ1v) is 8.17. The Morgan fingerprint density at radius 1 is 1.24 bits per heavy atom. The number of Topliss-reactive ketones (excluding diaryl/α,β-unsaturated/α-hetero) is 1. The van der Waals surface area contributed by atoms with Gasteiger partial charge in [0.2, 0.25) is 0 Å². The SMILES string of the molecule is COC(=O)c1ccc([C@@H]2OCC=CC[C@@]2(C#N)C(=O)C(C)(C)C)cc1. The Hall–Kier alpha value is -2.45. The minimum absolute atomic E-state index is 0.156. The lowest BCUT2D eigenvalue weighted by Crippen LogP contribution is -2.43. The van der Waals surface area contributed by atoms with Crippen molar-refractivity contribution in [3.8, 4) is 6.07 Å². The molecule has 132 valence electrons. The number of ketones is 1. The molecule has 0 unspecified atom stereocenters. The lowest BCUT2D eigenvalue weighted by Gasteiger charge is -2.36.